The summed E-state index contributed by atoms with van der Waals surface area (Å²) in [5, 5.41) is 18.5. The molecule has 1 heterocycles. The van der Waals surface area contributed by atoms with Gasteiger partial charge < -0.3 is 15.1 Å². The van der Waals surface area contributed by atoms with Crippen LogP contribution in [-0.4, -0.2) is 29.9 Å². The number of anilines is 1. The number of aryl methyl sites for hydroxylation is 1. The molecule has 3 nitrogen and oxygen atoms in total. The van der Waals surface area contributed by atoms with Gasteiger partial charge in [-0.15, -0.1) is 0 Å². The molecule has 0 spiro atoms. The van der Waals surface area contributed by atoms with Gasteiger partial charge >= 0.3 is 0 Å². The van der Waals surface area contributed by atoms with Crippen molar-refractivity contribution in [3.63, 3.8) is 0 Å². The summed E-state index contributed by atoms with van der Waals surface area (Å²) in [6.45, 7) is 4.38. The maximum atomic E-state index is 9.41. The Balaban J connectivity index is 2.12. The Kier molecular flexibility index (Phi) is 4.02. The molecular weight excluding hydrogens is 214 g/mol. The molecule has 0 saturated carbocycles. The molecule has 0 unspecified atom stereocenters. The molecule has 1 aromatic carbocycles. The molecule has 0 aromatic heterocycles. The van der Waals surface area contributed by atoms with Crippen molar-refractivity contribution >= 4 is 5.69 Å². The summed E-state index contributed by atoms with van der Waals surface area (Å²) < 4.78 is 0. The molecule has 3 heteroatoms. The molecule has 0 radical (unpaired) electrons. The number of piperidine rings is 1. The number of benzene rings is 1. The lowest BCUT2D eigenvalue weighted by atomic mass is 9.96. The van der Waals surface area contributed by atoms with Crippen LogP contribution in [0.4, 0.5) is 5.69 Å². The van der Waals surface area contributed by atoms with Crippen molar-refractivity contribution in [2.24, 2.45) is 5.92 Å². The van der Waals surface area contributed by atoms with Gasteiger partial charge in [0.1, 0.15) is 0 Å². The van der Waals surface area contributed by atoms with E-state index in [2.05, 4.69) is 17.0 Å². The normalized spacial score (nSPS) is 17.5. The van der Waals surface area contributed by atoms with Crippen LogP contribution >= 0.6 is 0 Å². The van der Waals surface area contributed by atoms with E-state index in [1.807, 2.05) is 13.0 Å². The summed E-state index contributed by atoms with van der Waals surface area (Å²) in [4.78, 5) is 2.32. The number of hydrogen-bond donors (Lipinski definition) is 2. The monoisotopic (exact) mass is 235 g/mol. The molecule has 1 aliphatic heterocycles. The number of aliphatic hydroxyl groups is 2. The lowest BCUT2D eigenvalue weighted by Crippen LogP contribution is -2.35. The minimum absolute atomic E-state index is 0.0942. The van der Waals surface area contributed by atoms with E-state index < -0.39 is 0 Å². The molecule has 0 aliphatic carbocycles. The molecule has 94 valence electrons. The number of aliphatic hydroxyl groups excluding tert-OH is 2. The van der Waals surface area contributed by atoms with Crippen LogP contribution in [0.2, 0.25) is 0 Å². The molecule has 0 amide bonds. The molecule has 2 N–H and O–H groups in total. The zero-order valence-corrected chi connectivity index (χ0v) is 10.4. The largest absolute Gasteiger partial charge is 0.396 e. The summed E-state index contributed by atoms with van der Waals surface area (Å²) in [7, 11) is 0. The molecule has 2 rings (SSSR count). The van der Waals surface area contributed by atoms with Gasteiger partial charge in [-0.05, 0) is 31.7 Å². The van der Waals surface area contributed by atoms with E-state index in [1.165, 1.54) is 5.56 Å². The summed E-state index contributed by atoms with van der Waals surface area (Å²) in [6.07, 6.45) is 2.07. The Morgan fingerprint density at radius 1 is 1.24 bits per heavy atom. The van der Waals surface area contributed by atoms with Gasteiger partial charge in [-0.3, -0.25) is 0 Å². The molecule has 0 bridgehead atoms. The first-order valence-corrected chi connectivity index (χ1v) is 6.30. The fourth-order valence-corrected chi connectivity index (χ4v) is 2.51. The lowest BCUT2D eigenvalue weighted by molar-refractivity contribution is 0.202. The quantitative estimate of drug-likeness (QED) is 0.838. The van der Waals surface area contributed by atoms with Crippen molar-refractivity contribution in [2.45, 2.75) is 26.4 Å². The Hall–Kier alpha value is -1.06. The SMILES string of the molecule is Cc1ccc(N2CCC(CO)CC2)c(CO)c1. The zero-order valence-electron chi connectivity index (χ0n) is 10.4. The Morgan fingerprint density at radius 2 is 1.94 bits per heavy atom. The molecular formula is C14H21NO2. The third kappa shape index (κ3) is 2.79. The van der Waals surface area contributed by atoms with E-state index in [-0.39, 0.29) is 6.61 Å². The standard InChI is InChI=1S/C14H21NO2/c1-11-2-3-14(13(8-11)10-17)15-6-4-12(9-16)5-7-15/h2-3,8,12,16-17H,4-7,9-10H2,1H3. The highest BCUT2D eigenvalue weighted by Gasteiger charge is 2.20. The first-order valence-electron chi connectivity index (χ1n) is 6.30. The summed E-state index contributed by atoms with van der Waals surface area (Å²) >= 11 is 0. The lowest BCUT2D eigenvalue weighted by Gasteiger charge is -2.34. The smallest absolute Gasteiger partial charge is 0.0702 e. The first-order chi connectivity index (χ1) is 8.24. The Bertz CT molecular complexity index is 370. The number of rotatable bonds is 3. The predicted octanol–water partition coefficient (Wildman–Crippen LogP) is 1.70. The highest BCUT2D eigenvalue weighted by atomic mass is 16.3. The van der Waals surface area contributed by atoms with Crippen LogP contribution in [0.5, 0.6) is 0 Å². The van der Waals surface area contributed by atoms with E-state index in [4.69, 9.17) is 5.11 Å². The van der Waals surface area contributed by atoms with E-state index in [9.17, 15) is 5.11 Å². The minimum atomic E-state index is 0.0942. The predicted molar refractivity (Wildman–Crippen MR) is 69.1 cm³/mol. The molecule has 17 heavy (non-hydrogen) atoms. The van der Waals surface area contributed by atoms with Crippen molar-refractivity contribution in [3.05, 3.63) is 29.3 Å². The zero-order chi connectivity index (χ0) is 12.3. The number of nitrogens with zero attached hydrogens (tertiary/aromatic N) is 1. The maximum absolute atomic E-state index is 9.41. The van der Waals surface area contributed by atoms with Gasteiger partial charge in [0.25, 0.3) is 0 Å². The maximum Gasteiger partial charge on any atom is 0.0702 e. The second-order valence-electron chi connectivity index (χ2n) is 4.90. The number of hydrogen-bond acceptors (Lipinski definition) is 3. The van der Waals surface area contributed by atoms with Crippen molar-refractivity contribution in [3.8, 4) is 0 Å². The van der Waals surface area contributed by atoms with Crippen molar-refractivity contribution in [1.82, 2.24) is 0 Å². The minimum Gasteiger partial charge on any atom is -0.396 e. The van der Waals surface area contributed by atoms with Crippen LogP contribution in [0, 0.1) is 12.8 Å². The average molecular weight is 235 g/mol. The van der Waals surface area contributed by atoms with Crippen molar-refractivity contribution in [1.29, 1.82) is 0 Å². The van der Waals surface area contributed by atoms with Gasteiger partial charge in [0.2, 0.25) is 0 Å². The molecule has 0 atom stereocenters. The van der Waals surface area contributed by atoms with E-state index in [0.29, 0.717) is 12.5 Å². The third-order valence-corrected chi connectivity index (χ3v) is 3.62. The van der Waals surface area contributed by atoms with Crippen LogP contribution in [0.15, 0.2) is 18.2 Å². The summed E-state index contributed by atoms with van der Waals surface area (Å²) in [5.74, 6) is 0.453. The van der Waals surface area contributed by atoms with Gasteiger partial charge in [-0.2, -0.15) is 0 Å². The van der Waals surface area contributed by atoms with E-state index >= 15 is 0 Å². The fraction of sp³-hybridized carbons (Fsp3) is 0.571. The second-order valence-corrected chi connectivity index (χ2v) is 4.90. The third-order valence-electron chi connectivity index (χ3n) is 3.62. The van der Waals surface area contributed by atoms with Gasteiger partial charge in [0.05, 0.1) is 6.61 Å². The van der Waals surface area contributed by atoms with Gasteiger partial charge in [-0.1, -0.05) is 17.7 Å². The Labute approximate surface area is 103 Å². The molecule has 1 saturated heterocycles. The van der Waals surface area contributed by atoms with Crippen LogP contribution in [0.3, 0.4) is 0 Å². The van der Waals surface area contributed by atoms with Gasteiger partial charge in [0, 0.05) is 30.9 Å². The van der Waals surface area contributed by atoms with Crippen LogP contribution in [0.25, 0.3) is 0 Å². The van der Waals surface area contributed by atoms with Crippen LogP contribution < -0.4 is 4.90 Å². The van der Waals surface area contributed by atoms with Crippen LogP contribution in [-0.2, 0) is 6.61 Å². The Morgan fingerprint density at radius 3 is 2.53 bits per heavy atom. The van der Waals surface area contributed by atoms with E-state index in [1.54, 1.807) is 0 Å². The topological polar surface area (TPSA) is 43.7 Å². The van der Waals surface area contributed by atoms with Crippen LogP contribution in [0.1, 0.15) is 24.0 Å². The van der Waals surface area contributed by atoms with Crippen molar-refractivity contribution < 1.29 is 10.2 Å². The van der Waals surface area contributed by atoms with E-state index in [0.717, 1.165) is 37.2 Å². The highest BCUT2D eigenvalue weighted by Crippen LogP contribution is 2.27. The first kappa shape index (κ1) is 12.4. The molecule has 1 aromatic rings. The molecule has 1 aliphatic rings. The second kappa shape index (κ2) is 5.52. The highest BCUT2D eigenvalue weighted by molar-refractivity contribution is 5.55. The van der Waals surface area contributed by atoms with Gasteiger partial charge in [0.15, 0.2) is 0 Å². The van der Waals surface area contributed by atoms with Crippen molar-refractivity contribution in [2.75, 3.05) is 24.6 Å². The average Bonchev–Trinajstić information content (AvgIpc) is 2.39. The van der Waals surface area contributed by atoms with Gasteiger partial charge in [-0.25, -0.2) is 0 Å². The summed E-state index contributed by atoms with van der Waals surface area (Å²) in [6, 6.07) is 6.24. The summed E-state index contributed by atoms with van der Waals surface area (Å²) in [5.41, 5.74) is 3.34. The molecule has 1 fully saturated rings. The fourth-order valence-electron chi connectivity index (χ4n) is 2.51.